The second-order valence-electron chi connectivity index (χ2n) is 4.08. The molecular formula is C11H12BrClN2O2. The molecule has 0 spiro atoms. The van der Waals surface area contributed by atoms with Gasteiger partial charge in [-0.15, -0.1) is 0 Å². The van der Waals surface area contributed by atoms with Crippen LogP contribution < -0.4 is 0 Å². The van der Waals surface area contributed by atoms with Crippen LogP contribution >= 0.6 is 27.5 Å². The Kier molecular flexibility index (Phi) is 4.01. The molecule has 1 unspecified atom stereocenters. The van der Waals surface area contributed by atoms with Gasteiger partial charge in [-0.2, -0.15) is 0 Å². The number of aliphatic hydroxyl groups is 1. The van der Waals surface area contributed by atoms with Gasteiger partial charge in [-0.05, 0) is 28.4 Å². The molecule has 0 aliphatic carbocycles. The van der Waals surface area contributed by atoms with Gasteiger partial charge in [-0.25, -0.2) is 4.98 Å². The summed E-state index contributed by atoms with van der Waals surface area (Å²) in [4.78, 5) is 17.8. The topological polar surface area (TPSA) is 53.4 Å². The molecule has 0 bridgehead atoms. The maximum atomic E-state index is 12.2. The highest BCUT2D eigenvalue weighted by atomic mass is 79.9. The van der Waals surface area contributed by atoms with E-state index in [1.807, 2.05) is 0 Å². The third-order valence-electron chi connectivity index (χ3n) is 2.87. The molecule has 1 saturated heterocycles. The van der Waals surface area contributed by atoms with E-state index in [1.165, 1.54) is 0 Å². The summed E-state index contributed by atoms with van der Waals surface area (Å²) in [5.74, 6) is 0.0533. The molecule has 0 radical (unpaired) electrons. The van der Waals surface area contributed by atoms with E-state index in [-0.39, 0.29) is 23.6 Å². The lowest BCUT2D eigenvalue weighted by Gasteiger charge is -2.16. The Morgan fingerprint density at radius 2 is 2.47 bits per heavy atom. The molecule has 1 amide bonds. The van der Waals surface area contributed by atoms with E-state index in [0.29, 0.717) is 18.7 Å². The molecule has 0 aromatic carbocycles. The number of amides is 1. The van der Waals surface area contributed by atoms with Crippen molar-refractivity contribution in [3.8, 4) is 0 Å². The summed E-state index contributed by atoms with van der Waals surface area (Å²) >= 11 is 9.18. The maximum Gasteiger partial charge on any atom is 0.257 e. The van der Waals surface area contributed by atoms with Gasteiger partial charge in [0.15, 0.2) is 0 Å². The second-order valence-corrected chi connectivity index (χ2v) is 5.35. The van der Waals surface area contributed by atoms with Crippen molar-refractivity contribution in [2.45, 2.75) is 6.42 Å². The number of carbonyl (C=O) groups is 1. The first-order valence-electron chi connectivity index (χ1n) is 5.33. The van der Waals surface area contributed by atoms with Crippen molar-refractivity contribution >= 4 is 33.4 Å². The van der Waals surface area contributed by atoms with Gasteiger partial charge in [0.05, 0.1) is 5.56 Å². The average molecular weight is 320 g/mol. The number of hydrogen-bond acceptors (Lipinski definition) is 3. The summed E-state index contributed by atoms with van der Waals surface area (Å²) in [6.45, 7) is 1.36. The van der Waals surface area contributed by atoms with Crippen LogP contribution in [-0.2, 0) is 0 Å². The fraction of sp³-hybridized carbons (Fsp3) is 0.455. The van der Waals surface area contributed by atoms with Gasteiger partial charge in [0.1, 0.15) is 5.15 Å². The Bertz CT molecular complexity index is 441. The third-order valence-corrected chi connectivity index (χ3v) is 3.60. The standard InChI is InChI=1S/C11H12BrClN2O2/c12-8-3-9(10(13)14-4-8)11(17)15-2-1-7(5-15)6-16/h3-4,7,16H,1-2,5-6H2. The number of hydrogen-bond donors (Lipinski definition) is 1. The van der Waals surface area contributed by atoms with Crippen LogP contribution in [0.1, 0.15) is 16.8 Å². The Hall–Kier alpha value is -0.650. The Labute approximate surface area is 113 Å². The highest BCUT2D eigenvalue weighted by molar-refractivity contribution is 9.10. The zero-order chi connectivity index (χ0) is 12.4. The number of carbonyl (C=O) groups excluding carboxylic acids is 1. The van der Waals surface area contributed by atoms with Crippen molar-refractivity contribution in [3.63, 3.8) is 0 Å². The molecule has 4 nitrogen and oxygen atoms in total. The van der Waals surface area contributed by atoms with Gasteiger partial charge in [0.2, 0.25) is 0 Å². The minimum atomic E-state index is -0.125. The van der Waals surface area contributed by atoms with Gasteiger partial charge in [0.25, 0.3) is 5.91 Å². The van der Waals surface area contributed by atoms with Gasteiger partial charge in [-0.1, -0.05) is 11.6 Å². The summed E-state index contributed by atoms with van der Waals surface area (Å²) in [6.07, 6.45) is 2.39. The minimum absolute atomic E-state index is 0.119. The lowest BCUT2D eigenvalue weighted by molar-refractivity contribution is 0.0781. The molecule has 1 aliphatic heterocycles. The van der Waals surface area contributed by atoms with Crippen molar-refractivity contribution in [1.29, 1.82) is 0 Å². The molecule has 0 saturated carbocycles. The molecule has 17 heavy (non-hydrogen) atoms. The minimum Gasteiger partial charge on any atom is -0.396 e. The maximum absolute atomic E-state index is 12.2. The summed E-state index contributed by atoms with van der Waals surface area (Å²) in [6, 6.07) is 1.67. The molecule has 1 aliphatic rings. The molecule has 1 aromatic rings. The van der Waals surface area contributed by atoms with E-state index in [1.54, 1.807) is 17.2 Å². The first-order valence-corrected chi connectivity index (χ1v) is 6.50. The van der Waals surface area contributed by atoms with Gasteiger partial charge < -0.3 is 10.0 Å². The zero-order valence-corrected chi connectivity index (χ0v) is 11.4. The molecule has 1 fully saturated rings. The fourth-order valence-corrected chi connectivity index (χ4v) is 2.42. The van der Waals surface area contributed by atoms with Crippen LogP contribution in [0.3, 0.4) is 0 Å². The lowest BCUT2D eigenvalue weighted by Crippen LogP contribution is -2.29. The predicted molar refractivity (Wildman–Crippen MR) is 68.0 cm³/mol. The average Bonchev–Trinajstić information content (AvgIpc) is 2.80. The second kappa shape index (κ2) is 5.33. The first-order chi connectivity index (χ1) is 8.11. The van der Waals surface area contributed by atoms with E-state index in [2.05, 4.69) is 20.9 Å². The van der Waals surface area contributed by atoms with Crippen molar-refractivity contribution in [2.24, 2.45) is 5.92 Å². The van der Waals surface area contributed by atoms with Crippen LogP contribution in [0.25, 0.3) is 0 Å². The Morgan fingerprint density at radius 1 is 1.71 bits per heavy atom. The normalized spacial score (nSPS) is 19.7. The van der Waals surface area contributed by atoms with Crippen LogP contribution in [0.2, 0.25) is 5.15 Å². The van der Waals surface area contributed by atoms with Crippen molar-refractivity contribution < 1.29 is 9.90 Å². The predicted octanol–water partition coefficient (Wildman–Crippen LogP) is 1.95. The van der Waals surface area contributed by atoms with E-state index >= 15 is 0 Å². The Morgan fingerprint density at radius 3 is 3.12 bits per heavy atom. The summed E-state index contributed by atoms with van der Waals surface area (Å²) in [5, 5.41) is 9.26. The molecule has 1 atom stereocenters. The van der Waals surface area contributed by atoms with Crippen LogP contribution in [0.4, 0.5) is 0 Å². The lowest BCUT2D eigenvalue weighted by atomic mass is 10.1. The van der Waals surface area contributed by atoms with Crippen LogP contribution in [0.15, 0.2) is 16.7 Å². The SMILES string of the molecule is O=C(c1cc(Br)cnc1Cl)N1CCC(CO)C1. The Balaban J connectivity index is 2.17. The number of likely N-dealkylation sites (tertiary alicyclic amines) is 1. The third kappa shape index (κ3) is 2.78. The van der Waals surface area contributed by atoms with Crippen LogP contribution in [0.5, 0.6) is 0 Å². The zero-order valence-electron chi connectivity index (χ0n) is 9.07. The molecule has 1 N–H and O–H groups in total. The van der Waals surface area contributed by atoms with Gasteiger partial charge >= 0.3 is 0 Å². The van der Waals surface area contributed by atoms with E-state index < -0.39 is 0 Å². The largest absolute Gasteiger partial charge is 0.396 e. The summed E-state index contributed by atoms with van der Waals surface area (Å²) in [7, 11) is 0. The van der Waals surface area contributed by atoms with Crippen molar-refractivity contribution in [2.75, 3.05) is 19.7 Å². The smallest absolute Gasteiger partial charge is 0.257 e. The number of nitrogens with zero attached hydrogens (tertiary/aromatic N) is 2. The molecule has 2 heterocycles. The first kappa shape index (κ1) is 12.8. The molecule has 6 heteroatoms. The van der Waals surface area contributed by atoms with Gasteiger partial charge in [-0.3, -0.25) is 4.79 Å². The molecule has 1 aromatic heterocycles. The number of aromatic nitrogens is 1. The number of halogens is 2. The fourth-order valence-electron chi connectivity index (χ4n) is 1.91. The number of rotatable bonds is 2. The summed E-state index contributed by atoms with van der Waals surface area (Å²) < 4.78 is 0.725. The molecule has 2 rings (SSSR count). The molecule has 92 valence electrons. The van der Waals surface area contributed by atoms with E-state index in [4.69, 9.17) is 16.7 Å². The number of pyridine rings is 1. The number of aliphatic hydroxyl groups excluding tert-OH is 1. The highest BCUT2D eigenvalue weighted by Gasteiger charge is 2.27. The van der Waals surface area contributed by atoms with Crippen LogP contribution in [-0.4, -0.2) is 40.6 Å². The van der Waals surface area contributed by atoms with Crippen molar-refractivity contribution in [3.05, 3.63) is 27.5 Å². The monoisotopic (exact) mass is 318 g/mol. The van der Waals surface area contributed by atoms with Crippen molar-refractivity contribution in [1.82, 2.24) is 9.88 Å². The van der Waals surface area contributed by atoms with Crippen LogP contribution in [0, 0.1) is 5.92 Å². The van der Waals surface area contributed by atoms with Gasteiger partial charge in [0, 0.05) is 36.3 Å². The summed E-state index contributed by atoms with van der Waals surface area (Å²) in [5.41, 5.74) is 0.402. The highest BCUT2D eigenvalue weighted by Crippen LogP contribution is 2.23. The molecular weight excluding hydrogens is 307 g/mol. The van der Waals surface area contributed by atoms with E-state index in [9.17, 15) is 4.79 Å². The van der Waals surface area contributed by atoms with E-state index in [0.717, 1.165) is 10.9 Å². The quantitative estimate of drug-likeness (QED) is 0.848.